The van der Waals surface area contributed by atoms with Crippen LogP contribution in [-0.4, -0.2) is 12.7 Å². The van der Waals surface area contributed by atoms with E-state index in [1.54, 1.807) is 5.56 Å². The van der Waals surface area contributed by atoms with Gasteiger partial charge in [-0.1, -0.05) is 56.5 Å². The molecule has 2 aliphatic rings. The van der Waals surface area contributed by atoms with E-state index in [0.29, 0.717) is 6.10 Å². The molecular formula is C26H40O. The van der Waals surface area contributed by atoms with E-state index in [2.05, 4.69) is 43.8 Å². The minimum Gasteiger partial charge on any atom is -0.378 e. The van der Waals surface area contributed by atoms with Crippen molar-refractivity contribution in [1.82, 2.24) is 0 Å². The average molecular weight is 369 g/mol. The van der Waals surface area contributed by atoms with Gasteiger partial charge < -0.3 is 4.74 Å². The monoisotopic (exact) mass is 368 g/mol. The lowest BCUT2D eigenvalue weighted by Crippen LogP contribution is -2.26. The van der Waals surface area contributed by atoms with Crippen LogP contribution in [0.4, 0.5) is 0 Å². The highest BCUT2D eigenvalue weighted by Crippen LogP contribution is 2.36. The Labute approximate surface area is 167 Å². The number of rotatable bonds is 9. The molecule has 1 heteroatoms. The Kier molecular flexibility index (Phi) is 8.45. The summed E-state index contributed by atoms with van der Waals surface area (Å²) in [5.41, 5.74) is 3.03. The van der Waals surface area contributed by atoms with Gasteiger partial charge in [0.05, 0.1) is 6.10 Å². The van der Waals surface area contributed by atoms with Gasteiger partial charge in [0.2, 0.25) is 0 Å². The van der Waals surface area contributed by atoms with Crippen molar-refractivity contribution >= 4 is 0 Å². The number of benzene rings is 1. The standard InChI is InChI=1S/C26H40O/c1-3-5-6-7-23-13-19-26(27-20-23)18-12-22-10-16-25(17-11-22)24-14-8-21(4-2)9-15-24/h4,10-11,16-17,21,23-24,26H,2-3,5-9,12-15,18-20H2,1H3. The van der Waals surface area contributed by atoms with Crippen LogP contribution >= 0.6 is 0 Å². The van der Waals surface area contributed by atoms with Crippen LogP contribution < -0.4 is 0 Å². The first-order valence-corrected chi connectivity index (χ1v) is 11.6. The van der Waals surface area contributed by atoms with Gasteiger partial charge in [-0.3, -0.25) is 0 Å². The van der Waals surface area contributed by atoms with E-state index in [4.69, 9.17) is 4.74 Å². The molecule has 2 unspecified atom stereocenters. The molecular weight excluding hydrogens is 328 g/mol. The second-order valence-corrected chi connectivity index (χ2v) is 9.02. The predicted molar refractivity (Wildman–Crippen MR) is 116 cm³/mol. The minimum absolute atomic E-state index is 0.487. The molecule has 150 valence electrons. The summed E-state index contributed by atoms with van der Waals surface area (Å²) in [7, 11) is 0. The minimum atomic E-state index is 0.487. The summed E-state index contributed by atoms with van der Waals surface area (Å²) in [5.74, 6) is 2.34. The van der Waals surface area contributed by atoms with Crippen LogP contribution in [0, 0.1) is 11.8 Å². The van der Waals surface area contributed by atoms with Crippen LogP contribution in [0.15, 0.2) is 36.9 Å². The summed E-state index contributed by atoms with van der Waals surface area (Å²) < 4.78 is 6.17. The lowest BCUT2D eigenvalue weighted by atomic mass is 9.78. The van der Waals surface area contributed by atoms with E-state index in [1.165, 1.54) is 76.2 Å². The van der Waals surface area contributed by atoms with Crippen LogP contribution in [0.25, 0.3) is 0 Å². The van der Waals surface area contributed by atoms with Gasteiger partial charge in [0, 0.05) is 6.61 Å². The van der Waals surface area contributed by atoms with Crippen LogP contribution in [-0.2, 0) is 11.2 Å². The zero-order valence-electron chi connectivity index (χ0n) is 17.5. The van der Waals surface area contributed by atoms with Crippen molar-refractivity contribution in [1.29, 1.82) is 0 Å². The van der Waals surface area contributed by atoms with Crippen LogP contribution in [0.2, 0.25) is 0 Å². The Bertz CT molecular complexity index is 530. The summed E-state index contributed by atoms with van der Waals surface area (Å²) in [5, 5.41) is 0. The fourth-order valence-corrected chi connectivity index (χ4v) is 4.97. The number of unbranched alkanes of at least 4 members (excludes halogenated alkanes) is 2. The Morgan fingerprint density at radius 3 is 2.37 bits per heavy atom. The Morgan fingerprint density at radius 1 is 0.963 bits per heavy atom. The molecule has 1 saturated carbocycles. The van der Waals surface area contributed by atoms with E-state index in [1.807, 2.05) is 0 Å². The molecule has 0 bridgehead atoms. The molecule has 0 aromatic heterocycles. The van der Waals surface area contributed by atoms with Gasteiger partial charge in [-0.2, -0.15) is 0 Å². The van der Waals surface area contributed by atoms with Crippen LogP contribution in [0.1, 0.15) is 94.6 Å². The highest BCUT2D eigenvalue weighted by atomic mass is 16.5. The second-order valence-electron chi connectivity index (χ2n) is 9.02. The molecule has 1 aliphatic heterocycles. The zero-order chi connectivity index (χ0) is 18.9. The fraction of sp³-hybridized carbons (Fsp3) is 0.692. The zero-order valence-corrected chi connectivity index (χ0v) is 17.5. The summed E-state index contributed by atoms with van der Waals surface area (Å²) in [6.45, 7) is 7.25. The van der Waals surface area contributed by atoms with E-state index in [-0.39, 0.29) is 0 Å². The van der Waals surface area contributed by atoms with E-state index >= 15 is 0 Å². The van der Waals surface area contributed by atoms with E-state index < -0.39 is 0 Å². The van der Waals surface area contributed by atoms with Gasteiger partial charge in [-0.05, 0) is 86.7 Å². The molecule has 0 amide bonds. The normalized spacial score (nSPS) is 28.8. The van der Waals surface area contributed by atoms with Crippen LogP contribution in [0.5, 0.6) is 0 Å². The first-order chi connectivity index (χ1) is 13.3. The predicted octanol–water partition coefficient (Wildman–Crippen LogP) is 7.45. The average Bonchev–Trinajstić information content (AvgIpc) is 2.74. The Morgan fingerprint density at radius 2 is 1.74 bits per heavy atom. The quantitative estimate of drug-likeness (QED) is 0.325. The lowest BCUT2D eigenvalue weighted by Gasteiger charge is -2.29. The lowest BCUT2D eigenvalue weighted by molar-refractivity contribution is -0.0219. The fourth-order valence-electron chi connectivity index (χ4n) is 4.97. The first-order valence-electron chi connectivity index (χ1n) is 11.6. The van der Waals surface area contributed by atoms with Gasteiger partial charge in [-0.25, -0.2) is 0 Å². The van der Waals surface area contributed by atoms with Gasteiger partial charge in [0.15, 0.2) is 0 Å². The number of ether oxygens (including phenoxy) is 1. The Balaban J connectivity index is 1.36. The van der Waals surface area contributed by atoms with Crippen molar-refractivity contribution in [3.63, 3.8) is 0 Å². The van der Waals surface area contributed by atoms with E-state index in [9.17, 15) is 0 Å². The maximum Gasteiger partial charge on any atom is 0.0578 e. The van der Waals surface area contributed by atoms with Crippen molar-refractivity contribution in [2.75, 3.05) is 6.61 Å². The molecule has 2 atom stereocenters. The molecule has 27 heavy (non-hydrogen) atoms. The molecule has 3 rings (SSSR count). The van der Waals surface area contributed by atoms with Crippen molar-refractivity contribution < 1.29 is 4.74 Å². The maximum atomic E-state index is 6.17. The number of hydrogen-bond donors (Lipinski definition) is 0. The second kappa shape index (κ2) is 11.1. The maximum absolute atomic E-state index is 6.17. The molecule has 0 N–H and O–H groups in total. The number of allylic oxidation sites excluding steroid dienone is 1. The third-order valence-corrected chi connectivity index (χ3v) is 6.99. The summed E-state index contributed by atoms with van der Waals surface area (Å²) in [4.78, 5) is 0. The van der Waals surface area contributed by atoms with Crippen molar-refractivity contribution in [3.05, 3.63) is 48.0 Å². The Hall–Kier alpha value is -1.08. The van der Waals surface area contributed by atoms with Gasteiger partial charge in [-0.15, -0.1) is 6.58 Å². The molecule has 1 nitrogen and oxygen atoms in total. The van der Waals surface area contributed by atoms with Gasteiger partial charge >= 0.3 is 0 Å². The molecule has 0 spiro atoms. The summed E-state index contributed by atoms with van der Waals surface area (Å²) in [6.07, 6.45) is 18.4. The molecule has 1 aliphatic carbocycles. The number of hydrogen-bond acceptors (Lipinski definition) is 1. The summed E-state index contributed by atoms with van der Waals surface area (Å²) in [6, 6.07) is 9.51. The van der Waals surface area contributed by atoms with Crippen molar-refractivity contribution in [3.8, 4) is 0 Å². The third-order valence-electron chi connectivity index (χ3n) is 6.99. The van der Waals surface area contributed by atoms with Crippen LogP contribution in [0.3, 0.4) is 0 Å². The van der Waals surface area contributed by atoms with E-state index in [0.717, 1.165) is 30.8 Å². The number of aryl methyl sites for hydroxylation is 1. The van der Waals surface area contributed by atoms with Crippen molar-refractivity contribution in [2.45, 2.75) is 96.0 Å². The molecule has 2 fully saturated rings. The summed E-state index contributed by atoms with van der Waals surface area (Å²) >= 11 is 0. The molecule has 1 aromatic rings. The molecule has 1 aromatic carbocycles. The molecule has 0 radical (unpaired) electrons. The first kappa shape index (κ1) is 20.6. The largest absolute Gasteiger partial charge is 0.378 e. The third kappa shape index (κ3) is 6.49. The topological polar surface area (TPSA) is 9.23 Å². The molecule has 1 heterocycles. The van der Waals surface area contributed by atoms with Crippen molar-refractivity contribution in [2.24, 2.45) is 11.8 Å². The SMILES string of the molecule is C=CC1CCC(c2ccc(CCC3CCC(CCCCC)CO3)cc2)CC1. The van der Waals surface area contributed by atoms with Gasteiger partial charge in [0.25, 0.3) is 0 Å². The van der Waals surface area contributed by atoms with Gasteiger partial charge in [0.1, 0.15) is 0 Å². The highest BCUT2D eigenvalue weighted by molar-refractivity contribution is 5.26. The smallest absolute Gasteiger partial charge is 0.0578 e. The molecule has 1 saturated heterocycles. The highest BCUT2D eigenvalue weighted by Gasteiger charge is 2.22.